The number of nitrogens with one attached hydrogen (secondary N) is 1. The molecular weight excluding hydrogens is 340 g/mol. The summed E-state index contributed by atoms with van der Waals surface area (Å²) in [6.45, 7) is 3.28. The van der Waals surface area contributed by atoms with Crippen LogP contribution in [-0.4, -0.2) is 36.9 Å². The Bertz CT molecular complexity index is 793. The van der Waals surface area contributed by atoms with Crippen molar-refractivity contribution < 1.29 is 14.3 Å². The van der Waals surface area contributed by atoms with Crippen LogP contribution in [0.5, 0.6) is 5.75 Å². The Morgan fingerprint density at radius 2 is 1.81 bits per heavy atom. The number of benzene rings is 2. The first-order valence-electron chi connectivity index (χ1n) is 9.44. The zero-order valence-electron chi connectivity index (χ0n) is 15.9. The van der Waals surface area contributed by atoms with Crippen molar-refractivity contribution in [1.29, 1.82) is 0 Å². The van der Waals surface area contributed by atoms with Gasteiger partial charge in [-0.25, -0.2) is 0 Å². The van der Waals surface area contributed by atoms with Gasteiger partial charge in [-0.05, 0) is 55.2 Å². The number of carbonyl (C=O) groups excluding carboxylic acids is 2. The van der Waals surface area contributed by atoms with E-state index >= 15 is 0 Å². The van der Waals surface area contributed by atoms with Crippen LogP contribution in [-0.2, 0) is 11.2 Å². The van der Waals surface area contributed by atoms with Gasteiger partial charge in [0.2, 0.25) is 5.91 Å². The van der Waals surface area contributed by atoms with Gasteiger partial charge < -0.3 is 15.0 Å². The molecule has 0 atom stereocenters. The van der Waals surface area contributed by atoms with Gasteiger partial charge in [-0.15, -0.1) is 0 Å². The standard InChI is InChI=1S/C22H26N2O3/c1-3-16-7-9-19(10-8-16)23-21(25)17-11-13-24(14-12-17)22(26)18-5-4-6-20(15-18)27-2/h4-10,15,17H,3,11-14H2,1-2H3,(H,23,25). The zero-order chi connectivity index (χ0) is 19.2. The minimum Gasteiger partial charge on any atom is -0.497 e. The van der Waals surface area contributed by atoms with Crippen LogP contribution in [0.3, 0.4) is 0 Å². The van der Waals surface area contributed by atoms with Crippen LogP contribution in [0.4, 0.5) is 5.69 Å². The maximum atomic E-state index is 12.7. The number of carbonyl (C=O) groups is 2. The van der Waals surface area contributed by atoms with E-state index in [1.54, 1.807) is 19.2 Å². The van der Waals surface area contributed by atoms with Crippen molar-refractivity contribution >= 4 is 17.5 Å². The molecule has 0 unspecified atom stereocenters. The van der Waals surface area contributed by atoms with Crippen LogP contribution < -0.4 is 10.1 Å². The third-order valence-corrected chi connectivity index (χ3v) is 5.10. The molecule has 0 spiro atoms. The van der Waals surface area contributed by atoms with E-state index in [-0.39, 0.29) is 17.7 Å². The van der Waals surface area contributed by atoms with E-state index in [9.17, 15) is 9.59 Å². The Balaban J connectivity index is 1.54. The molecule has 1 aliphatic heterocycles. The van der Waals surface area contributed by atoms with Crippen molar-refractivity contribution in [3.8, 4) is 5.75 Å². The summed E-state index contributed by atoms with van der Waals surface area (Å²) >= 11 is 0. The minimum absolute atomic E-state index is 0.0112. The van der Waals surface area contributed by atoms with Crippen LogP contribution in [0.25, 0.3) is 0 Å². The highest BCUT2D eigenvalue weighted by atomic mass is 16.5. The molecule has 0 aliphatic carbocycles. The van der Waals surface area contributed by atoms with Crippen molar-refractivity contribution in [3.63, 3.8) is 0 Å². The number of rotatable bonds is 5. The van der Waals surface area contributed by atoms with E-state index in [0.717, 1.165) is 12.1 Å². The molecule has 0 aromatic heterocycles. The average Bonchev–Trinajstić information content (AvgIpc) is 2.74. The number of hydrogen-bond donors (Lipinski definition) is 1. The Labute approximate surface area is 160 Å². The zero-order valence-corrected chi connectivity index (χ0v) is 15.9. The van der Waals surface area contributed by atoms with Crippen LogP contribution >= 0.6 is 0 Å². The monoisotopic (exact) mass is 366 g/mol. The third kappa shape index (κ3) is 4.67. The van der Waals surface area contributed by atoms with E-state index in [0.29, 0.717) is 37.2 Å². The molecule has 2 aromatic carbocycles. The molecular formula is C22H26N2O3. The fraction of sp³-hybridized carbons (Fsp3) is 0.364. The Hall–Kier alpha value is -2.82. The summed E-state index contributed by atoms with van der Waals surface area (Å²) in [7, 11) is 1.59. The lowest BCUT2D eigenvalue weighted by atomic mass is 9.95. The van der Waals surface area contributed by atoms with Gasteiger partial charge in [-0.3, -0.25) is 9.59 Å². The molecule has 0 bridgehead atoms. The fourth-order valence-corrected chi connectivity index (χ4v) is 3.35. The maximum Gasteiger partial charge on any atom is 0.253 e. The summed E-state index contributed by atoms with van der Waals surface area (Å²) in [4.78, 5) is 27.0. The predicted octanol–water partition coefficient (Wildman–Crippen LogP) is 3.75. The molecule has 1 saturated heterocycles. The van der Waals surface area contributed by atoms with E-state index in [2.05, 4.69) is 12.2 Å². The largest absolute Gasteiger partial charge is 0.497 e. The molecule has 1 aliphatic rings. The van der Waals surface area contributed by atoms with Crippen molar-refractivity contribution in [3.05, 3.63) is 59.7 Å². The van der Waals surface area contributed by atoms with Crippen LogP contribution in [0.1, 0.15) is 35.7 Å². The van der Waals surface area contributed by atoms with Gasteiger partial charge in [-0.1, -0.05) is 25.1 Å². The van der Waals surface area contributed by atoms with E-state index in [1.165, 1.54) is 5.56 Å². The van der Waals surface area contributed by atoms with Gasteiger partial charge in [0.25, 0.3) is 5.91 Å². The highest BCUT2D eigenvalue weighted by molar-refractivity contribution is 5.95. The lowest BCUT2D eigenvalue weighted by molar-refractivity contribution is -0.121. The Morgan fingerprint density at radius 3 is 2.44 bits per heavy atom. The van der Waals surface area contributed by atoms with Crippen LogP contribution in [0.15, 0.2) is 48.5 Å². The number of anilines is 1. The lowest BCUT2D eigenvalue weighted by Crippen LogP contribution is -2.41. The molecule has 142 valence electrons. The minimum atomic E-state index is -0.0646. The quantitative estimate of drug-likeness (QED) is 0.877. The van der Waals surface area contributed by atoms with E-state index < -0.39 is 0 Å². The highest BCUT2D eigenvalue weighted by Crippen LogP contribution is 2.22. The summed E-state index contributed by atoms with van der Waals surface area (Å²) in [5.74, 6) is 0.630. The second kappa shape index (κ2) is 8.71. The Morgan fingerprint density at radius 1 is 1.11 bits per heavy atom. The first-order valence-corrected chi connectivity index (χ1v) is 9.44. The molecule has 2 amide bonds. The van der Waals surface area contributed by atoms with Crippen molar-refractivity contribution in [2.45, 2.75) is 26.2 Å². The van der Waals surface area contributed by atoms with Gasteiger partial charge in [-0.2, -0.15) is 0 Å². The first kappa shape index (κ1) is 19.0. The van der Waals surface area contributed by atoms with Gasteiger partial charge in [0.05, 0.1) is 7.11 Å². The summed E-state index contributed by atoms with van der Waals surface area (Å²) in [5, 5.41) is 2.99. The normalized spacial score (nSPS) is 14.7. The SMILES string of the molecule is CCc1ccc(NC(=O)C2CCN(C(=O)c3cccc(OC)c3)CC2)cc1. The molecule has 5 heteroatoms. The number of hydrogen-bond acceptors (Lipinski definition) is 3. The second-order valence-corrected chi connectivity index (χ2v) is 6.84. The second-order valence-electron chi connectivity index (χ2n) is 6.84. The van der Waals surface area contributed by atoms with Crippen molar-refractivity contribution in [2.24, 2.45) is 5.92 Å². The highest BCUT2D eigenvalue weighted by Gasteiger charge is 2.28. The molecule has 0 radical (unpaired) electrons. The number of likely N-dealkylation sites (tertiary alicyclic amines) is 1. The number of amides is 2. The van der Waals surface area contributed by atoms with Crippen molar-refractivity contribution in [2.75, 3.05) is 25.5 Å². The summed E-state index contributed by atoms with van der Waals surface area (Å²) in [6, 6.07) is 15.1. The maximum absolute atomic E-state index is 12.7. The smallest absolute Gasteiger partial charge is 0.253 e. The lowest BCUT2D eigenvalue weighted by Gasteiger charge is -2.31. The Kier molecular flexibility index (Phi) is 6.12. The molecule has 2 aromatic rings. The molecule has 1 fully saturated rings. The predicted molar refractivity (Wildman–Crippen MR) is 106 cm³/mol. The molecule has 27 heavy (non-hydrogen) atoms. The summed E-state index contributed by atoms with van der Waals surface area (Å²) < 4.78 is 5.19. The van der Waals surface area contributed by atoms with Gasteiger partial charge in [0.15, 0.2) is 0 Å². The van der Waals surface area contributed by atoms with Crippen molar-refractivity contribution in [1.82, 2.24) is 4.90 Å². The van der Waals surface area contributed by atoms with Gasteiger partial charge >= 0.3 is 0 Å². The fourth-order valence-electron chi connectivity index (χ4n) is 3.35. The topological polar surface area (TPSA) is 58.6 Å². The number of aryl methyl sites for hydroxylation is 1. The number of piperidine rings is 1. The van der Waals surface area contributed by atoms with Gasteiger partial charge in [0.1, 0.15) is 5.75 Å². The molecule has 5 nitrogen and oxygen atoms in total. The number of methoxy groups -OCH3 is 1. The molecule has 0 saturated carbocycles. The summed E-state index contributed by atoms with van der Waals surface area (Å²) in [5.41, 5.74) is 2.69. The first-order chi connectivity index (χ1) is 13.1. The van der Waals surface area contributed by atoms with Gasteiger partial charge in [0, 0.05) is 30.3 Å². The van der Waals surface area contributed by atoms with Crippen LogP contribution in [0.2, 0.25) is 0 Å². The third-order valence-electron chi connectivity index (χ3n) is 5.10. The molecule has 3 rings (SSSR count). The number of nitrogens with zero attached hydrogens (tertiary/aromatic N) is 1. The van der Waals surface area contributed by atoms with E-state index in [1.807, 2.05) is 41.3 Å². The average molecular weight is 366 g/mol. The molecule has 1 heterocycles. The van der Waals surface area contributed by atoms with Crippen LogP contribution in [0, 0.1) is 5.92 Å². The summed E-state index contributed by atoms with van der Waals surface area (Å²) in [6.07, 6.45) is 2.33. The molecule has 1 N–H and O–H groups in total. The number of ether oxygens (including phenoxy) is 1. The van der Waals surface area contributed by atoms with E-state index in [4.69, 9.17) is 4.74 Å².